The monoisotopic (exact) mass is 877 g/mol. The number of carbonyl (C=O) groups is 3. The average molecular weight is 877 g/mol. The van der Waals surface area contributed by atoms with Gasteiger partial charge in [-0.3, -0.25) is 14.4 Å². The first-order valence-electron chi connectivity index (χ1n) is 26.1. The maximum absolute atomic E-state index is 12.8. The molecule has 1 atom stereocenters. The molecular formula is C57H96O6. The van der Waals surface area contributed by atoms with Gasteiger partial charge in [-0.05, 0) is 89.9 Å². The average Bonchev–Trinajstić information content (AvgIpc) is 3.28. The quantitative estimate of drug-likeness (QED) is 0.0262. The molecule has 0 saturated carbocycles. The lowest BCUT2D eigenvalue weighted by Crippen LogP contribution is -2.30. The minimum atomic E-state index is -0.797. The minimum Gasteiger partial charge on any atom is -0.462 e. The molecule has 63 heavy (non-hydrogen) atoms. The van der Waals surface area contributed by atoms with E-state index >= 15 is 0 Å². The van der Waals surface area contributed by atoms with Gasteiger partial charge in [0.1, 0.15) is 13.2 Å². The molecule has 0 aromatic rings. The lowest BCUT2D eigenvalue weighted by Gasteiger charge is -2.18. The summed E-state index contributed by atoms with van der Waals surface area (Å²) in [5.41, 5.74) is 0. The molecule has 0 aromatic carbocycles. The van der Waals surface area contributed by atoms with Crippen LogP contribution in [0.2, 0.25) is 0 Å². The van der Waals surface area contributed by atoms with Gasteiger partial charge in [0.2, 0.25) is 0 Å². The Kier molecular flexibility index (Phi) is 48.5. The van der Waals surface area contributed by atoms with Crippen molar-refractivity contribution in [2.24, 2.45) is 0 Å². The van der Waals surface area contributed by atoms with E-state index in [1.165, 1.54) is 77.0 Å². The second-order valence-electron chi connectivity index (χ2n) is 17.0. The number of ether oxygens (including phenoxy) is 3. The summed E-state index contributed by atoms with van der Waals surface area (Å²) < 4.78 is 16.8. The number of carbonyl (C=O) groups excluding carboxylic acids is 3. The Balaban J connectivity index is 4.45. The fraction of sp³-hybridized carbons (Fsp3) is 0.702. The van der Waals surface area contributed by atoms with E-state index in [1.54, 1.807) is 0 Å². The van der Waals surface area contributed by atoms with Gasteiger partial charge < -0.3 is 14.2 Å². The standard InChI is InChI=1S/C57H96O6/c1-4-7-10-13-16-19-22-25-27-28-30-32-35-38-41-44-47-50-56(59)62-53-54(52-61-55(58)49-46-43-40-37-34-31-24-21-18-15-12-9-6-3)63-57(60)51-48-45-42-39-36-33-29-26-23-20-17-14-11-8-5-2/h7,9-10,12,16,18-19,21,25,27,30-32,34,54H,4-6,8,11,13-15,17,20,22-24,26,28-29,33,35-53H2,1-3H3/b10-7-,12-9-,19-16-,21-18-,27-25-,32-30-,34-31-. The fourth-order valence-electron chi connectivity index (χ4n) is 7.04. The highest BCUT2D eigenvalue weighted by Gasteiger charge is 2.19. The van der Waals surface area contributed by atoms with Crippen LogP contribution in [0.5, 0.6) is 0 Å². The molecule has 0 radical (unpaired) electrons. The number of rotatable bonds is 46. The lowest BCUT2D eigenvalue weighted by molar-refractivity contribution is -0.167. The first-order chi connectivity index (χ1) is 31.0. The normalized spacial score (nSPS) is 12.7. The molecule has 0 aromatic heterocycles. The summed E-state index contributed by atoms with van der Waals surface area (Å²) in [6.07, 6.45) is 65.7. The third kappa shape index (κ3) is 49.5. The van der Waals surface area contributed by atoms with E-state index in [0.717, 1.165) is 122 Å². The number of hydrogen-bond acceptors (Lipinski definition) is 6. The molecule has 0 saturated heterocycles. The van der Waals surface area contributed by atoms with Crippen molar-refractivity contribution in [1.82, 2.24) is 0 Å². The van der Waals surface area contributed by atoms with Gasteiger partial charge in [0.15, 0.2) is 6.10 Å². The second-order valence-corrected chi connectivity index (χ2v) is 17.0. The Morgan fingerprint density at radius 2 is 0.619 bits per heavy atom. The van der Waals surface area contributed by atoms with Crippen molar-refractivity contribution >= 4 is 17.9 Å². The molecule has 6 nitrogen and oxygen atoms in total. The smallest absolute Gasteiger partial charge is 0.306 e. The van der Waals surface area contributed by atoms with Crippen LogP contribution in [0.1, 0.15) is 239 Å². The van der Waals surface area contributed by atoms with Crippen LogP contribution in [0.4, 0.5) is 0 Å². The van der Waals surface area contributed by atoms with Crippen molar-refractivity contribution < 1.29 is 28.6 Å². The molecule has 0 rings (SSSR count). The second kappa shape index (κ2) is 51.2. The molecular weight excluding hydrogens is 781 g/mol. The van der Waals surface area contributed by atoms with Crippen molar-refractivity contribution in [3.8, 4) is 0 Å². The summed E-state index contributed by atoms with van der Waals surface area (Å²) in [6, 6.07) is 0. The van der Waals surface area contributed by atoms with E-state index in [4.69, 9.17) is 14.2 Å². The molecule has 0 heterocycles. The topological polar surface area (TPSA) is 78.9 Å². The zero-order valence-electron chi connectivity index (χ0n) is 41.1. The molecule has 0 aliphatic heterocycles. The summed E-state index contributed by atoms with van der Waals surface area (Å²) >= 11 is 0. The van der Waals surface area contributed by atoms with E-state index in [2.05, 4.69) is 106 Å². The highest BCUT2D eigenvalue weighted by atomic mass is 16.6. The maximum Gasteiger partial charge on any atom is 0.306 e. The molecule has 0 aliphatic carbocycles. The first-order valence-corrected chi connectivity index (χ1v) is 26.1. The van der Waals surface area contributed by atoms with Crippen molar-refractivity contribution in [2.75, 3.05) is 13.2 Å². The number of allylic oxidation sites excluding steroid dienone is 14. The van der Waals surface area contributed by atoms with Crippen LogP contribution in [-0.4, -0.2) is 37.2 Å². The van der Waals surface area contributed by atoms with E-state index in [0.29, 0.717) is 19.3 Å². The molecule has 0 N–H and O–H groups in total. The Labute approximate surface area is 388 Å². The van der Waals surface area contributed by atoms with Crippen LogP contribution in [0, 0.1) is 0 Å². The Hall–Kier alpha value is -3.41. The summed E-state index contributed by atoms with van der Waals surface area (Å²) in [4.78, 5) is 38.0. The Morgan fingerprint density at radius 1 is 0.333 bits per heavy atom. The predicted octanol–water partition coefficient (Wildman–Crippen LogP) is 17.2. The number of esters is 3. The van der Waals surface area contributed by atoms with Gasteiger partial charge in [0.05, 0.1) is 0 Å². The van der Waals surface area contributed by atoms with Gasteiger partial charge >= 0.3 is 17.9 Å². The summed E-state index contributed by atoms with van der Waals surface area (Å²) in [5.74, 6) is -0.947. The van der Waals surface area contributed by atoms with Crippen LogP contribution < -0.4 is 0 Å². The van der Waals surface area contributed by atoms with Crippen molar-refractivity contribution in [1.29, 1.82) is 0 Å². The van der Waals surface area contributed by atoms with Crippen molar-refractivity contribution in [3.63, 3.8) is 0 Å². The predicted molar refractivity (Wildman–Crippen MR) is 270 cm³/mol. The molecule has 360 valence electrons. The van der Waals surface area contributed by atoms with E-state index in [9.17, 15) is 14.4 Å². The van der Waals surface area contributed by atoms with E-state index in [-0.39, 0.29) is 31.1 Å². The molecule has 0 amide bonds. The van der Waals surface area contributed by atoms with Gasteiger partial charge in [-0.2, -0.15) is 0 Å². The largest absolute Gasteiger partial charge is 0.462 e. The van der Waals surface area contributed by atoms with Crippen LogP contribution >= 0.6 is 0 Å². The summed E-state index contributed by atoms with van der Waals surface area (Å²) in [6.45, 7) is 6.37. The van der Waals surface area contributed by atoms with Crippen LogP contribution in [0.15, 0.2) is 85.1 Å². The highest BCUT2D eigenvalue weighted by Crippen LogP contribution is 2.15. The van der Waals surface area contributed by atoms with Crippen LogP contribution in [0.25, 0.3) is 0 Å². The van der Waals surface area contributed by atoms with Gasteiger partial charge in [-0.15, -0.1) is 0 Å². The highest BCUT2D eigenvalue weighted by molar-refractivity contribution is 5.71. The maximum atomic E-state index is 12.8. The SMILES string of the molecule is CC/C=C\C/C=C\C/C=C\C/C=C\CCCCCCC(=O)OCC(COC(=O)CCCCC/C=C\C/C=C\C/C=C\CC)OC(=O)CCCCCCCCCCCCCCCCC. The minimum absolute atomic E-state index is 0.0977. The third-order valence-corrected chi connectivity index (χ3v) is 10.9. The van der Waals surface area contributed by atoms with Gasteiger partial charge in [-0.25, -0.2) is 0 Å². The van der Waals surface area contributed by atoms with Crippen LogP contribution in [0.3, 0.4) is 0 Å². The van der Waals surface area contributed by atoms with Crippen molar-refractivity contribution in [2.45, 2.75) is 245 Å². The molecule has 0 fully saturated rings. The Bertz CT molecular complexity index is 1240. The van der Waals surface area contributed by atoms with Gasteiger partial charge in [-0.1, -0.05) is 215 Å². The molecule has 0 spiro atoms. The lowest BCUT2D eigenvalue weighted by atomic mass is 10.0. The summed E-state index contributed by atoms with van der Waals surface area (Å²) in [7, 11) is 0. The van der Waals surface area contributed by atoms with Crippen molar-refractivity contribution in [3.05, 3.63) is 85.1 Å². The molecule has 0 bridgehead atoms. The number of hydrogen-bond donors (Lipinski definition) is 0. The number of unbranched alkanes of at least 4 members (excludes halogenated alkanes) is 21. The van der Waals surface area contributed by atoms with Gasteiger partial charge in [0.25, 0.3) is 0 Å². The zero-order valence-corrected chi connectivity index (χ0v) is 41.1. The summed E-state index contributed by atoms with van der Waals surface area (Å²) in [5, 5.41) is 0. The third-order valence-electron chi connectivity index (χ3n) is 10.9. The van der Waals surface area contributed by atoms with Crippen LogP contribution in [-0.2, 0) is 28.6 Å². The zero-order chi connectivity index (χ0) is 45.8. The van der Waals surface area contributed by atoms with E-state index < -0.39 is 6.10 Å². The molecule has 0 aliphatic rings. The molecule has 6 heteroatoms. The van der Waals surface area contributed by atoms with E-state index in [1.807, 2.05) is 0 Å². The van der Waals surface area contributed by atoms with Gasteiger partial charge in [0, 0.05) is 19.3 Å². The molecule has 1 unspecified atom stereocenters. The Morgan fingerprint density at radius 3 is 0.984 bits per heavy atom. The fourth-order valence-corrected chi connectivity index (χ4v) is 7.04. The first kappa shape index (κ1) is 59.6.